The van der Waals surface area contributed by atoms with E-state index in [0.29, 0.717) is 28.3 Å². The molecule has 1 amide bonds. The normalized spacial score (nSPS) is 16.0. The SMILES string of the molecule is CCN(Cc1cc(C(=O)N[C@@H](CO)C(=O)OC)cc(Br)c1N)C1CCCCC1. The number of aliphatic hydroxyl groups is 1. The number of rotatable bonds is 8. The fourth-order valence-corrected chi connectivity index (χ4v) is 4.16. The first-order valence-corrected chi connectivity index (χ1v) is 10.5. The molecule has 0 bridgehead atoms. The van der Waals surface area contributed by atoms with Crippen LogP contribution in [0.1, 0.15) is 54.9 Å². The van der Waals surface area contributed by atoms with Crippen LogP contribution in [-0.4, -0.2) is 54.2 Å². The first kappa shape index (κ1) is 22.6. The third-order valence-electron chi connectivity index (χ3n) is 5.32. The average Bonchev–Trinajstić information content (AvgIpc) is 2.72. The molecule has 4 N–H and O–H groups in total. The van der Waals surface area contributed by atoms with Crippen LogP contribution in [0.15, 0.2) is 16.6 Å². The number of anilines is 1. The van der Waals surface area contributed by atoms with Gasteiger partial charge in [-0.1, -0.05) is 26.2 Å². The van der Waals surface area contributed by atoms with Crippen molar-refractivity contribution in [2.24, 2.45) is 0 Å². The summed E-state index contributed by atoms with van der Waals surface area (Å²) in [7, 11) is 1.21. The van der Waals surface area contributed by atoms with Crippen LogP contribution in [0.2, 0.25) is 0 Å². The topological polar surface area (TPSA) is 105 Å². The lowest BCUT2D eigenvalue weighted by molar-refractivity contribution is -0.143. The minimum absolute atomic E-state index is 0.373. The Morgan fingerprint density at radius 2 is 2.04 bits per heavy atom. The van der Waals surface area contributed by atoms with Gasteiger partial charge in [0.25, 0.3) is 5.91 Å². The standard InChI is InChI=1S/C20H30BrN3O4/c1-3-24(15-7-5-4-6-8-15)11-14-9-13(10-16(21)18(14)22)19(26)23-17(12-25)20(27)28-2/h9-10,15,17,25H,3-8,11-12,22H2,1-2H3,(H,23,26)/t17-/m0/s1. The van der Waals surface area contributed by atoms with Gasteiger partial charge in [-0.25, -0.2) is 4.79 Å². The summed E-state index contributed by atoms with van der Waals surface area (Å²) in [5, 5.41) is 11.8. The van der Waals surface area contributed by atoms with E-state index in [1.54, 1.807) is 12.1 Å². The van der Waals surface area contributed by atoms with Crippen LogP contribution in [-0.2, 0) is 16.1 Å². The van der Waals surface area contributed by atoms with Crippen molar-refractivity contribution in [3.05, 3.63) is 27.7 Å². The summed E-state index contributed by atoms with van der Waals surface area (Å²) in [5.74, 6) is -1.16. The third kappa shape index (κ3) is 5.68. The van der Waals surface area contributed by atoms with Crippen LogP contribution >= 0.6 is 15.9 Å². The molecule has 7 nitrogen and oxygen atoms in total. The van der Waals surface area contributed by atoms with E-state index in [1.807, 2.05) is 0 Å². The number of carbonyl (C=O) groups excluding carboxylic acids is 2. The largest absolute Gasteiger partial charge is 0.467 e. The van der Waals surface area contributed by atoms with Gasteiger partial charge in [0.2, 0.25) is 0 Å². The Morgan fingerprint density at radius 1 is 1.36 bits per heavy atom. The highest BCUT2D eigenvalue weighted by Gasteiger charge is 2.24. The van der Waals surface area contributed by atoms with Gasteiger partial charge in [0.15, 0.2) is 6.04 Å². The Labute approximate surface area is 174 Å². The molecule has 156 valence electrons. The van der Waals surface area contributed by atoms with Crippen LogP contribution in [0.3, 0.4) is 0 Å². The monoisotopic (exact) mass is 455 g/mol. The summed E-state index contributed by atoms with van der Waals surface area (Å²) >= 11 is 3.43. The van der Waals surface area contributed by atoms with E-state index in [0.717, 1.165) is 12.1 Å². The molecule has 0 unspecified atom stereocenters. The number of methoxy groups -OCH3 is 1. The molecular weight excluding hydrogens is 426 g/mol. The number of hydrogen-bond donors (Lipinski definition) is 3. The Morgan fingerprint density at radius 3 is 2.61 bits per heavy atom. The van der Waals surface area contributed by atoms with E-state index < -0.39 is 24.5 Å². The van der Waals surface area contributed by atoms with Crippen LogP contribution in [0.25, 0.3) is 0 Å². The predicted octanol–water partition coefficient (Wildman–Crippen LogP) is 2.45. The molecule has 1 atom stereocenters. The van der Waals surface area contributed by atoms with E-state index in [4.69, 9.17) is 5.73 Å². The Balaban J connectivity index is 2.20. The van der Waals surface area contributed by atoms with Crippen molar-refractivity contribution >= 4 is 33.5 Å². The van der Waals surface area contributed by atoms with Gasteiger partial charge in [0.05, 0.1) is 19.4 Å². The van der Waals surface area contributed by atoms with E-state index >= 15 is 0 Å². The highest BCUT2D eigenvalue weighted by Crippen LogP contribution is 2.29. The van der Waals surface area contributed by atoms with Crippen molar-refractivity contribution in [2.75, 3.05) is 26.0 Å². The number of halogens is 1. The van der Waals surface area contributed by atoms with E-state index in [2.05, 4.69) is 37.8 Å². The van der Waals surface area contributed by atoms with Crippen LogP contribution in [0, 0.1) is 0 Å². The van der Waals surface area contributed by atoms with Gasteiger partial charge in [-0.05, 0) is 53.0 Å². The molecule has 0 heterocycles. The van der Waals surface area contributed by atoms with Crippen molar-refractivity contribution in [1.82, 2.24) is 10.2 Å². The number of nitrogens with one attached hydrogen (secondary N) is 1. The number of amides is 1. The third-order valence-corrected chi connectivity index (χ3v) is 5.98. The summed E-state index contributed by atoms with van der Waals surface area (Å²) in [6.07, 6.45) is 6.17. The second-order valence-corrected chi connectivity index (χ2v) is 7.97. The number of nitrogens with zero attached hydrogens (tertiary/aromatic N) is 1. The summed E-state index contributed by atoms with van der Waals surface area (Å²) in [6, 6.07) is 2.81. The number of benzene rings is 1. The Hall–Kier alpha value is -1.64. The summed E-state index contributed by atoms with van der Waals surface area (Å²) in [6.45, 7) is 3.17. The molecule has 1 aromatic carbocycles. The molecule has 1 aromatic rings. The summed E-state index contributed by atoms with van der Waals surface area (Å²) in [5.41, 5.74) is 8.11. The number of hydrogen-bond acceptors (Lipinski definition) is 6. The van der Waals surface area contributed by atoms with Gasteiger partial charge in [-0.3, -0.25) is 9.69 Å². The lowest BCUT2D eigenvalue weighted by Crippen LogP contribution is -2.44. The van der Waals surface area contributed by atoms with E-state index in [-0.39, 0.29) is 0 Å². The van der Waals surface area contributed by atoms with Crippen LogP contribution in [0.4, 0.5) is 5.69 Å². The quantitative estimate of drug-likeness (QED) is 0.410. The van der Waals surface area contributed by atoms with Gasteiger partial charge in [-0.2, -0.15) is 0 Å². The molecule has 0 spiro atoms. The molecule has 0 radical (unpaired) electrons. The zero-order valence-electron chi connectivity index (χ0n) is 16.5. The summed E-state index contributed by atoms with van der Waals surface area (Å²) < 4.78 is 5.22. The fourth-order valence-electron chi connectivity index (χ4n) is 3.66. The first-order valence-electron chi connectivity index (χ1n) is 9.72. The average molecular weight is 456 g/mol. The lowest BCUT2D eigenvalue weighted by Gasteiger charge is -2.34. The zero-order valence-corrected chi connectivity index (χ0v) is 18.1. The van der Waals surface area contributed by atoms with Gasteiger partial charge in [0, 0.05) is 22.6 Å². The highest BCUT2D eigenvalue weighted by atomic mass is 79.9. The van der Waals surface area contributed by atoms with Gasteiger partial charge in [0.1, 0.15) is 0 Å². The second-order valence-electron chi connectivity index (χ2n) is 7.12. The molecule has 1 fully saturated rings. The predicted molar refractivity (Wildman–Crippen MR) is 112 cm³/mol. The number of ether oxygens (including phenoxy) is 1. The smallest absolute Gasteiger partial charge is 0.330 e. The van der Waals surface area contributed by atoms with Crippen molar-refractivity contribution in [1.29, 1.82) is 0 Å². The second kappa shape index (κ2) is 10.8. The molecule has 28 heavy (non-hydrogen) atoms. The maximum absolute atomic E-state index is 12.6. The van der Waals surface area contributed by atoms with E-state index in [9.17, 15) is 14.7 Å². The molecular formula is C20H30BrN3O4. The van der Waals surface area contributed by atoms with Gasteiger partial charge in [-0.15, -0.1) is 0 Å². The fraction of sp³-hybridized carbons (Fsp3) is 0.600. The Bertz CT molecular complexity index is 692. The van der Waals surface area contributed by atoms with Crippen LogP contribution < -0.4 is 11.1 Å². The van der Waals surface area contributed by atoms with Crippen molar-refractivity contribution < 1.29 is 19.4 Å². The zero-order chi connectivity index (χ0) is 20.7. The molecule has 0 aliphatic heterocycles. The molecule has 2 rings (SSSR count). The number of aliphatic hydroxyl groups excluding tert-OH is 1. The summed E-state index contributed by atoms with van der Waals surface area (Å²) in [4.78, 5) is 26.6. The minimum Gasteiger partial charge on any atom is -0.467 e. The maximum atomic E-state index is 12.6. The molecule has 0 saturated heterocycles. The number of nitrogen functional groups attached to an aromatic ring is 1. The lowest BCUT2D eigenvalue weighted by atomic mass is 9.93. The van der Waals surface area contributed by atoms with Crippen molar-refractivity contribution in [3.8, 4) is 0 Å². The first-order chi connectivity index (χ1) is 13.4. The molecule has 8 heteroatoms. The number of nitrogens with two attached hydrogens (primary N) is 1. The highest BCUT2D eigenvalue weighted by molar-refractivity contribution is 9.10. The maximum Gasteiger partial charge on any atom is 0.330 e. The molecule has 1 saturated carbocycles. The number of esters is 1. The van der Waals surface area contributed by atoms with E-state index in [1.165, 1.54) is 39.2 Å². The van der Waals surface area contributed by atoms with Crippen LogP contribution in [0.5, 0.6) is 0 Å². The van der Waals surface area contributed by atoms with Gasteiger partial charge < -0.3 is 20.9 Å². The minimum atomic E-state index is -1.10. The molecule has 0 aromatic heterocycles. The molecule has 1 aliphatic rings. The number of carbonyl (C=O) groups is 2. The van der Waals surface area contributed by atoms with Crippen molar-refractivity contribution in [2.45, 2.75) is 57.7 Å². The van der Waals surface area contributed by atoms with Gasteiger partial charge >= 0.3 is 5.97 Å². The Kier molecular flexibility index (Phi) is 8.72. The molecule has 1 aliphatic carbocycles. The van der Waals surface area contributed by atoms with Crippen molar-refractivity contribution in [3.63, 3.8) is 0 Å².